The van der Waals surface area contributed by atoms with Gasteiger partial charge >= 0.3 is 0 Å². The molecule has 0 fully saturated rings. The highest BCUT2D eigenvalue weighted by Crippen LogP contribution is 2.36. The third kappa shape index (κ3) is 2.78. The van der Waals surface area contributed by atoms with Gasteiger partial charge in [0.05, 0.1) is 13.2 Å². The summed E-state index contributed by atoms with van der Waals surface area (Å²) in [5.74, 6) is 1.46. The molecule has 1 atom stereocenters. The molecule has 100 valence electrons. The standard InChI is InChI=1S/C14H13BrO3S/c15-10-7-13(19-8-10)14(16)9-2-3-11-12(6-9)18-5-1-4-17-11/h2-3,6-8,14,16H,1,4-5H2. The summed E-state index contributed by atoms with van der Waals surface area (Å²) in [6.45, 7) is 1.32. The number of benzene rings is 1. The van der Waals surface area contributed by atoms with Crippen molar-refractivity contribution in [3.05, 3.63) is 44.6 Å². The van der Waals surface area contributed by atoms with Gasteiger partial charge in [0, 0.05) is 21.2 Å². The van der Waals surface area contributed by atoms with Gasteiger partial charge in [-0.15, -0.1) is 11.3 Å². The molecule has 0 spiro atoms. The minimum atomic E-state index is -0.631. The first-order valence-corrected chi connectivity index (χ1v) is 7.73. The van der Waals surface area contributed by atoms with Gasteiger partial charge in [-0.3, -0.25) is 0 Å². The molecule has 3 rings (SSSR count). The minimum Gasteiger partial charge on any atom is -0.490 e. The Bertz CT molecular complexity index is 582. The second-order valence-electron chi connectivity index (χ2n) is 4.33. The lowest BCUT2D eigenvalue weighted by atomic mass is 10.1. The molecule has 2 aromatic rings. The van der Waals surface area contributed by atoms with Gasteiger partial charge in [-0.1, -0.05) is 6.07 Å². The zero-order valence-corrected chi connectivity index (χ0v) is 12.5. The third-order valence-corrected chi connectivity index (χ3v) is 4.69. The number of aliphatic hydroxyl groups excluding tert-OH is 1. The maximum atomic E-state index is 10.4. The van der Waals surface area contributed by atoms with Crippen molar-refractivity contribution in [2.24, 2.45) is 0 Å². The van der Waals surface area contributed by atoms with Gasteiger partial charge in [0.25, 0.3) is 0 Å². The lowest BCUT2D eigenvalue weighted by molar-refractivity contribution is 0.223. The molecule has 5 heteroatoms. The van der Waals surface area contributed by atoms with E-state index < -0.39 is 6.10 Å². The number of fused-ring (bicyclic) bond motifs is 1. The molecular weight excluding hydrogens is 328 g/mol. The molecular formula is C14H13BrO3S. The lowest BCUT2D eigenvalue weighted by Gasteiger charge is -2.12. The van der Waals surface area contributed by atoms with Gasteiger partial charge < -0.3 is 14.6 Å². The van der Waals surface area contributed by atoms with Crippen molar-refractivity contribution in [3.8, 4) is 11.5 Å². The Hall–Kier alpha value is -1.04. The number of ether oxygens (including phenoxy) is 2. The quantitative estimate of drug-likeness (QED) is 0.904. The van der Waals surface area contributed by atoms with E-state index in [1.165, 1.54) is 11.3 Å². The summed E-state index contributed by atoms with van der Waals surface area (Å²) in [6.07, 6.45) is 0.248. The minimum absolute atomic E-state index is 0.631. The Morgan fingerprint density at radius 2 is 1.95 bits per heavy atom. The number of aliphatic hydroxyl groups is 1. The van der Waals surface area contributed by atoms with Crippen LogP contribution in [0, 0.1) is 0 Å². The summed E-state index contributed by atoms with van der Waals surface area (Å²) in [5, 5.41) is 12.3. The number of rotatable bonds is 2. The van der Waals surface area contributed by atoms with Crippen molar-refractivity contribution in [2.75, 3.05) is 13.2 Å². The van der Waals surface area contributed by atoms with Crippen LogP contribution in [0.4, 0.5) is 0 Å². The average molecular weight is 341 g/mol. The molecule has 0 saturated heterocycles. The van der Waals surface area contributed by atoms with E-state index in [2.05, 4.69) is 15.9 Å². The van der Waals surface area contributed by atoms with Gasteiger partial charge in [-0.05, 0) is 39.7 Å². The SMILES string of the molecule is OC(c1ccc2c(c1)OCCCO2)c1cc(Br)cs1. The molecule has 1 N–H and O–H groups in total. The van der Waals surface area contributed by atoms with Gasteiger partial charge in [-0.25, -0.2) is 0 Å². The summed E-state index contributed by atoms with van der Waals surface area (Å²) < 4.78 is 12.2. The predicted molar refractivity (Wildman–Crippen MR) is 78.1 cm³/mol. The van der Waals surface area contributed by atoms with E-state index >= 15 is 0 Å². The normalized spacial score (nSPS) is 15.9. The molecule has 1 aliphatic heterocycles. The van der Waals surface area contributed by atoms with Crippen molar-refractivity contribution < 1.29 is 14.6 Å². The zero-order chi connectivity index (χ0) is 13.2. The summed E-state index contributed by atoms with van der Waals surface area (Å²) >= 11 is 4.92. The fourth-order valence-electron chi connectivity index (χ4n) is 1.99. The fourth-order valence-corrected chi connectivity index (χ4v) is 3.44. The van der Waals surface area contributed by atoms with Gasteiger partial charge in [-0.2, -0.15) is 0 Å². The van der Waals surface area contributed by atoms with Crippen LogP contribution in [-0.2, 0) is 0 Å². The van der Waals surface area contributed by atoms with Crippen LogP contribution < -0.4 is 9.47 Å². The predicted octanol–water partition coefficient (Wildman–Crippen LogP) is 3.75. The summed E-state index contributed by atoms with van der Waals surface area (Å²) in [6, 6.07) is 7.53. The van der Waals surface area contributed by atoms with Crippen LogP contribution in [-0.4, -0.2) is 18.3 Å². The largest absolute Gasteiger partial charge is 0.490 e. The molecule has 0 aliphatic carbocycles. The smallest absolute Gasteiger partial charge is 0.161 e. The van der Waals surface area contributed by atoms with Crippen molar-refractivity contribution >= 4 is 27.3 Å². The summed E-state index contributed by atoms with van der Waals surface area (Å²) in [4.78, 5) is 0.904. The van der Waals surface area contributed by atoms with E-state index in [1.807, 2.05) is 29.6 Å². The van der Waals surface area contributed by atoms with Crippen LogP contribution in [0.15, 0.2) is 34.1 Å². The molecule has 3 nitrogen and oxygen atoms in total. The van der Waals surface area contributed by atoms with Crippen molar-refractivity contribution in [1.29, 1.82) is 0 Å². The first kappa shape index (κ1) is 13.0. The molecule has 19 heavy (non-hydrogen) atoms. The van der Waals surface area contributed by atoms with Crippen LogP contribution in [0.3, 0.4) is 0 Å². The molecule has 1 unspecified atom stereocenters. The molecule has 0 saturated carbocycles. The van der Waals surface area contributed by atoms with Crippen molar-refractivity contribution in [2.45, 2.75) is 12.5 Å². The topological polar surface area (TPSA) is 38.7 Å². The Labute approximate surface area is 123 Å². The highest BCUT2D eigenvalue weighted by Gasteiger charge is 2.17. The first-order valence-electron chi connectivity index (χ1n) is 6.05. The Kier molecular flexibility index (Phi) is 3.77. The molecule has 1 aromatic carbocycles. The van der Waals surface area contributed by atoms with Crippen LogP contribution in [0.2, 0.25) is 0 Å². The number of hydrogen-bond acceptors (Lipinski definition) is 4. The molecule has 1 aliphatic rings. The monoisotopic (exact) mass is 340 g/mol. The Morgan fingerprint density at radius 3 is 2.68 bits per heavy atom. The maximum absolute atomic E-state index is 10.4. The summed E-state index contributed by atoms with van der Waals surface area (Å²) in [5.41, 5.74) is 0.818. The average Bonchev–Trinajstić information content (AvgIpc) is 2.72. The van der Waals surface area contributed by atoms with E-state index in [1.54, 1.807) is 0 Å². The van der Waals surface area contributed by atoms with Gasteiger partial charge in [0.1, 0.15) is 6.10 Å². The molecule has 2 heterocycles. The molecule has 0 radical (unpaired) electrons. The maximum Gasteiger partial charge on any atom is 0.161 e. The van der Waals surface area contributed by atoms with Crippen molar-refractivity contribution in [3.63, 3.8) is 0 Å². The molecule has 0 amide bonds. The Balaban J connectivity index is 1.91. The van der Waals surface area contributed by atoms with Gasteiger partial charge in [0.15, 0.2) is 11.5 Å². The highest BCUT2D eigenvalue weighted by atomic mass is 79.9. The third-order valence-electron chi connectivity index (χ3n) is 2.94. The molecule has 0 bridgehead atoms. The second-order valence-corrected chi connectivity index (χ2v) is 6.18. The zero-order valence-electron chi connectivity index (χ0n) is 10.1. The van der Waals surface area contributed by atoms with E-state index in [9.17, 15) is 5.11 Å². The van der Waals surface area contributed by atoms with Crippen LogP contribution >= 0.6 is 27.3 Å². The van der Waals surface area contributed by atoms with Gasteiger partial charge in [0.2, 0.25) is 0 Å². The number of halogens is 1. The van der Waals surface area contributed by atoms with E-state index in [4.69, 9.17) is 9.47 Å². The van der Waals surface area contributed by atoms with Crippen LogP contribution in [0.1, 0.15) is 23.0 Å². The summed E-state index contributed by atoms with van der Waals surface area (Å²) in [7, 11) is 0. The van der Waals surface area contributed by atoms with Crippen molar-refractivity contribution in [1.82, 2.24) is 0 Å². The van der Waals surface area contributed by atoms with E-state index in [0.29, 0.717) is 19.0 Å². The highest BCUT2D eigenvalue weighted by molar-refractivity contribution is 9.10. The first-order chi connectivity index (χ1) is 9.24. The lowest BCUT2D eigenvalue weighted by Crippen LogP contribution is -1.99. The number of thiophene rings is 1. The van der Waals surface area contributed by atoms with Crippen LogP contribution in [0.5, 0.6) is 11.5 Å². The Morgan fingerprint density at radius 1 is 1.16 bits per heavy atom. The van der Waals surface area contributed by atoms with E-state index in [-0.39, 0.29) is 0 Å². The fraction of sp³-hybridized carbons (Fsp3) is 0.286. The van der Waals surface area contributed by atoms with E-state index in [0.717, 1.165) is 27.1 Å². The second kappa shape index (κ2) is 5.53. The number of hydrogen-bond donors (Lipinski definition) is 1. The van der Waals surface area contributed by atoms with Crippen LogP contribution in [0.25, 0.3) is 0 Å². The molecule has 1 aromatic heterocycles.